The summed E-state index contributed by atoms with van der Waals surface area (Å²) in [6.07, 6.45) is -1.82. The van der Waals surface area contributed by atoms with E-state index in [0.29, 0.717) is 6.42 Å². The molecule has 1 aromatic carbocycles. The van der Waals surface area contributed by atoms with Gasteiger partial charge in [0.1, 0.15) is 0 Å². The van der Waals surface area contributed by atoms with Gasteiger partial charge >= 0.3 is 6.18 Å². The number of nitrogens with two attached hydrogens (primary N) is 1. The summed E-state index contributed by atoms with van der Waals surface area (Å²) in [4.78, 5) is 0. The zero-order chi connectivity index (χ0) is 11.1. The van der Waals surface area contributed by atoms with Crippen molar-refractivity contribution in [2.45, 2.75) is 31.5 Å². The van der Waals surface area contributed by atoms with Crippen LogP contribution in [-0.4, -0.2) is 0 Å². The number of benzene rings is 1. The van der Waals surface area contributed by atoms with Crippen molar-refractivity contribution < 1.29 is 13.2 Å². The van der Waals surface area contributed by atoms with Crippen LogP contribution in [0.15, 0.2) is 18.2 Å². The number of rotatable bonds is 0. The van der Waals surface area contributed by atoms with Crippen LogP contribution in [0.2, 0.25) is 0 Å². The highest BCUT2D eigenvalue weighted by molar-refractivity contribution is 5.36. The van der Waals surface area contributed by atoms with E-state index in [2.05, 4.69) is 0 Å². The van der Waals surface area contributed by atoms with Crippen molar-refractivity contribution >= 4 is 0 Å². The van der Waals surface area contributed by atoms with Crippen LogP contribution in [-0.2, 0) is 12.6 Å². The van der Waals surface area contributed by atoms with Crippen LogP contribution in [0.25, 0.3) is 0 Å². The van der Waals surface area contributed by atoms with Gasteiger partial charge in [0, 0.05) is 6.04 Å². The van der Waals surface area contributed by atoms with Crippen molar-refractivity contribution in [3.63, 3.8) is 0 Å². The summed E-state index contributed by atoms with van der Waals surface area (Å²) in [7, 11) is 0. The van der Waals surface area contributed by atoms with Crippen molar-refractivity contribution in [3.05, 3.63) is 34.9 Å². The van der Waals surface area contributed by atoms with Gasteiger partial charge in [-0.25, -0.2) is 0 Å². The second-order valence-corrected chi connectivity index (χ2v) is 3.91. The largest absolute Gasteiger partial charge is 0.416 e. The van der Waals surface area contributed by atoms with E-state index in [-0.39, 0.29) is 6.04 Å². The fourth-order valence-electron chi connectivity index (χ4n) is 2.03. The van der Waals surface area contributed by atoms with Crippen LogP contribution >= 0.6 is 0 Å². The molecule has 0 heterocycles. The monoisotopic (exact) mass is 215 g/mol. The number of hydrogen-bond acceptors (Lipinski definition) is 1. The normalized spacial score (nSPS) is 21.2. The van der Waals surface area contributed by atoms with E-state index < -0.39 is 11.7 Å². The number of alkyl halides is 3. The molecule has 2 rings (SSSR count). The SMILES string of the molecule is N[C@H]1CCCc2cc(C(F)(F)F)ccc21. The Morgan fingerprint density at radius 3 is 2.67 bits per heavy atom. The molecule has 1 atom stereocenters. The van der Waals surface area contributed by atoms with Crippen molar-refractivity contribution in [1.82, 2.24) is 0 Å². The molecule has 1 aliphatic carbocycles. The van der Waals surface area contributed by atoms with E-state index in [0.717, 1.165) is 30.0 Å². The maximum atomic E-state index is 12.4. The third kappa shape index (κ3) is 2.00. The Balaban J connectivity index is 2.42. The van der Waals surface area contributed by atoms with Crippen LogP contribution in [0.1, 0.15) is 35.6 Å². The van der Waals surface area contributed by atoms with E-state index in [1.54, 1.807) is 0 Å². The zero-order valence-corrected chi connectivity index (χ0v) is 8.14. The summed E-state index contributed by atoms with van der Waals surface area (Å²) in [6.45, 7) is 0. The first kappa shape index (κ1) is 10.5. The topological polar surface area (TPSA) is 26.0 Å². The molecule has 1 aliphatic rings. The van der Waals surface area contributed by atoms with Gasteiger partial charge in [-0.05, 0) is 42.5 Å². The van der Waals surface area contributed by atoms with Gasteiger partial charge in [0.25, 0.3) is 0 Å². The predicted octanol–water partition coefficient (Wildman–Crippen LogP) is 3.04. The lowest BCUT2D eigenvalue weighted by molar-refractivity contribution is -0.137. The Labute approximate surface area is 86.1 Å². The highest BCUT2D eigenvalue weighted by Gasteiger charge is 2.31. The average Bonchev–Trinajstić information content (AvgIpc) is 2.16. The standard InChI is InChI=1S/C11H12F3N/c12-11(13,14)8-4-5-9-7(6-8)2-1-3-10(9)15/h4-6,10H,1-3,15H2/t10-/m0/s1. The lowest BCUT2D eigenvalue weighted by Gasteiger charge is -2.23. The lowest BCUT2D eigenvalue weighted by atomic mass is 9.87. The molecule has 2 N–H and O–H groups in total. The summed E-state index contributed by atoms with van der Waals surface area (Å²) < 4.78 is 37.3. The van der Waals surface area contributed by atoms with E-state index in [1.807, 2.05) is 0 Å². The van der Waals surface area contributed by atoms with Crippen LogP contribution in [0.3, 0.4) is 0 Å². The average molecular weight is 215 g/mol. The van der Waals surface area contributed by atoms with E-state index in [4.69, 9.17) is 5.73 Å². The summed E-state index contributed by atoms with van der Waals surface area (Å²) in [5.41, 5.74) is 6.87. The van der Waals surface area contributed by atoms with Gasteiger partial charge in [0.15, 0.2) is 0 Å². The fraction of sp³-hybridized carbons (Fsp3) is 0.455. The highest BCUT2D eigenvalue weighted by atomic mass is 19.4. The smallest absolute Gasteiger partial charge is 0.324 e. The molecule has 0 radical (unpaired) electrons. The Bertz CT molecular complexity index is 371. The molecule has 0 saturated heterocycles. The van der Waals surface area contributed by atoms with Crippen molar-refractivity contribution in [2.24, 2.45) is 5.73 Å². The maximum Gasteiger partial charge on any atom is 0.416 e. The van der Waals surface area contributed by atoms with E-state index in [9.17, 15) is 13.2 Å². The Morgan fingerprint density at radius 2 is 2.00 bits per heavy atom. The first-order valence-electron chi connectivity index (χ1n) is 4.94. The lowest BCUT2D eigenvalue weighted by Crippen LogP contribution is -2.18. The second kappa shape index (κ2) is 3.52. The van der Waals surface area contributed by atoms with Gasteiger partial charge in [0.2, 0.25) is 0 Å². The van der Waals surface area contributed by atoms with E-state index >= 15 is 0 Å². The van der Waals surface area contributed by atoms with Gasteiger partial charge in [-0.1, -0.05) is 6.07 Å². The zero-order valence-electron chi connectivity index (χ0n) is 8.14. The van der Waals surface area contributed by atoms with Crippen LogP contribution in [0.5, 0.6) is 0 Å². The molecule has 0 spiro atoms. The van der Waals surface area contributed by atoms with Gasteiger partial charge < -0.3 is 5.73 Å². The fourth-order valence-corrected chi connectivity index (χ4v) is 2.03. The van der Waals surface area contributed by atoms with Crippen molar-refractivity contribution in [1.29, 1.82) is 0 Å². The summed E-state index contributed by atoms with van der Waals surface area (Å²) in [5.74, 6) is 0. The Hall–Kier alpha value is -1.03. The molecule has 0 saturated carbocycles. The molecule has 0 aliphatic heterocycles. The highest BCUT2D eigenvalue weighted by Crippen LogP contribution is 2.34. The van der Waals surface area contributed by atoms with E-state index in [1.165, 1.54) is 12.1 Å². The van der Waals surface area contributed by atoms with Crippen LogP contribution in [0, 0.1) is 0 Å². The quantitative estimate of drug-likeness (QED) is 0.707. The van der Waals surface area contributed by atoms with Gasteiger partial charge in [-0.2, -0.15) is 13.2 Å². The van der Waals surface area contributed by atoms with Gasteiger partial charge in [-0.15, -0.1) is 0 Å². The number of fused-ring (bicyclic) bond motifs is 1. The molecular formula is C11H12F3N. The number of aryl methyl sites for hydroxylation is 1. The van der Waals surface area contributed by atoms with Crippen LogP contribution < -0.4 is 5.73 Å². The molecule has 0 bridgehead atoms. The minimum absolute atomic E-state index is 0.101. The van der Waals surface area contributed by atoms with Crippen LogP contribution in [0.4, 0.5) is 13.2 Å². The predicted molar refractivity (Wildman–Crippen MR) is 51.3 cm³/mol. The molecule has 0 amide bonds. The number of halogens is 3. The number of hydrogen-bond donors (Lipinski definition) is 1. The summed E-state index contributed by atoms with van der Waals surface area (Å²) in [6, 6.07) is 3.76. The minimum Gasteiger partial charge on any atom is -0.324 e. The third-order valence-corrected chi connectivity index (χ3v) is 2.83. The maximum absolute atomic E-state index is 12.4. The Kier molecular flexibility index (Phi) is 2.46. The molecular weight excluding hydrogens is 203 g/mol. The molecule has 0 unspecified atom stereocenters. The molecule has 4 heteroatoms. The molecule has 1 aromatic rings. The first-order valence-corrected chi connectivity index (χ1v) is 4.94. The summed E-state index contributed by atoms with van der Waals surface area (Å²) >= 11 is 0. The molecule has 82 valence electrons. The minimum atomic E-state index is -4.25. The van der Waals surface area contributed by atoms with Crippen molar-refractivity contribution in [2.75, 3.05) is 0 Å². The third-order valence-electron chi connectivity index (χ3n) is 2.83. The van der Waals surface area contributed by atoms with Crippen molar-refractivity contribution in [3.8, 4) is 0 Å². The molecule has 1 nitrogen and oxygen atoms in total. The molecule has 0 aromatic heterocycles. The summed E-state index contributed by atoms with van der Waals surface area (Å²) in [5, 5.41) is 0. The molecule has 0 fully saturated rings. The second-order valence-electron chi connectivity index (χ2n) is 3.91. The molecule has 15 heavy (non-hydrogen) atoms. The Morgan fingerprint density at radius 1 is 1.27 bits per heavy atom. The van der Waals surface area contributed by atoms with Gasteiger partial charge in [-0.3, -0.25) is 0 Å². The van der Waals surface area contributed by atoms with Gasteiger partial charge in [0.05, 0.1) is 5.56 Å². The first-order chi connectivity index (χ1) is 6.98.